The van der Waals surface area contributed by atoms with Crippen LogP contribution in [0.5, 0.6) is 11.5 Å². The van der Waals surface area contributed by atoms with Crippen LogP contribution in [-0.2, 0) is 0 Å². The lowest BCUT2D eigenvalue weighted by atomic mass is 10.1. The molecule has 152 valence electrons. The summed E-state index contributed by atoms with van der Waals surface area (Å²) in [5, 5.41) is 4.68. The normalized spacial score (nSPS) is 10.9. The van der Waals surface area contributed by atoms with E-state index in [1.165, 1.54) is 4.40 Å². The number of nitrogens with zero attached hydrogens (tertiary/aromatic N) is 4. The number of pyridine rings is 1. The Labute approximate surface area is 173 Å². The van der Waals surface area contributed by atoms with E-state index in [1.54, 1.807) is 36.2 Å². The van der Waals surface area contributed by atoms with Gasteiger partial charge in [-0.25, -0.2) is 9.67 Å². The molecule has 0 aliphatic heterocycles. The van der Waals surface area contributed by atoms with E-state index in [0.717, 1.165) is 17.1 Å². The van der Waals surface area contributed by atoms with Crippen LogP contribution < -0.4 is 15.0 Å². The molecule has 7 heteroatoms. The SMILES string of the molecule is C=CCOc1cccn2c(=O)c(-c3cc(C)n(-c4ccc(OC)cc4)n3)c(C)nc12. The standard InChI is InChI=1S/C23H22N4O3/c1-5-13-30-20-7-6-12-26-22(20)24-16(3)21(23(26)28)19-14-15(2)27(25-19)17-8-10-18(29-4)11-9-17/h5-12,14H,1,13H2,2-4H3. The minimum atomic E-state index is -0.194. The van der Waals surface area contributed by atoms with Gasteiger partial charge in [0.05, 0.1) is 24.1 Å². The molecule has 3 heterocycles. The van der Waals surface area contributed by atoms with Gasteiger partial charge in [-0.2, -0.15) is 5.10 Å². The van der Waals surface area contributed by atoms with Crippen molar-refractivity contribution in [2.75, 3.05) is 13.7 Å². The lowest BCUT2D eigenvalue weighted by molar-refractivity contribution is 0.365. The van der Waals surface area contributed by atoms with Crippen molar-refractivity contribution in [1.29, 1.82) is 0 Å². The van der Waals surface area contributed by atoms with Crippen molar-refractivity contribution < 1.29 is 9.47 Å². The van der Waals surface area contributed by atoms with E-state index in [4.69, 9.17) is 9.47 Å². The second-order valence-corrected chi connectivity index (χ2v) is 6.82. The van der Waals surface area contributed by atoms with E-state index in [1.807, 2.05) is 44.2 Å². The fraction of sp³-hybridized carbons (Fsp3) is 0.174. The number of hydrogen-bond acceptors (Lipinski definition) is 5. The molecule has 3 aromatic heterocycles. The Kier molecular flexibility index (Phi) is 5.10. The Balaban J connectivity index is 1.84. The molecule has 0 radical (unpaired) electrons. The highest BCUT2D eigenvalue weighted by atomic mass is 16.5. The summed E-state index contributed by atoms with van der Waals surface area (Å²) in [5.74, 6) is 1.30. The fourth-order valence-corrected chi connectivity index (χ4v) is 3.38. The number of hydrogen-bond donors (Lipinski definition) is 0. The Morgan fingerprint density at radius 3 is 2.63 bits per heavy atom. The maximum Gasteiger partial charge on any atom is 0.267 e. The minimum Gasteiger partial charge on any atom is -0.497 e. The van der Waals surface area contributed by atoms with E-state index in [0.29, 0.717) is 35.0 Å². The van der Waals surface area contributed by atoms with Crippen LogP contribution in [0, 0.1) is 13.8 Å². The predicted molar refractivity (Wildman–Crippen MR) is 116 cm³/mol. The smallest absolute Gasteiger partial charge is 0.267 e. The van der Waals surface area contributed by atoms with E-state index in [2.05, 4.69) is 16.7 Å². The molecule has 0 N–H and O–H groups in total. The average molecular weight is 402 g/mol. The van der Waals surface area contributed by atoms with Gasteiger partial charge in [0.15, 0.2) is 11.4 Å². The van der Waals surface area contributed by atoms with Crippen LogP contribution in [0.4, 0.5) is 0 Å². The van der Waals surface area contributed by atoms with Crippen molar-refractivity contribution in [2.24, 2.45) is 0 Å². The van der Waals surface area contributed by atoms with Gasteiger partial charge in [0.2, 0.25) is 0 Å². The van der Waals surface area contributed by atoms with Crippen molar-refractivity contribution in [1.82, 2.24) is 19.2 Å². The Morgan fingerprint density at radius 1 is 1.17 bits per heavy atom. The van der Waals surface area contributed by atoms with Crippen molar-refractivity contribution in [2.45, 2.75) is 13.8 Å². The van der Waals surface area contributed by atoms with Gasteiger partial charge in [-0.1, -0.05) is 12.7 Å². The van der Waals surface area contributed by atoms with Crippen LogP contribution in [0.2, 0.25) is 0 Å². The fourth-order valence-electron chi connectivity index (χ4n) is 3.38. The monoisotopic (exact) mass is 402 g/mol. The van der Waals surface area contributed by atoms with Crippen LogP contribution in [0.25, 0.3) is 22.6 Å². The van der Waals surface area contributed by atoms with Crippen LogP contribution in [-0.4, -0.2) is 32.9 Å². The van der Waals surface area contributed by atoms with Crippen molar-refractivity contribution >= 4 is 5.65 Å². The summed E-state index contributed by atoms with van der Waals surface area (Å²) in [5.41, 5.74) is 3.69. The van der Waals surface area contributed by atoms with E-state index in [-0.39, 0.29) is 5.56 Å². The Hall–Kier alpha value is -3.87. The molecule has 0 unspecified atom stereocenters. The zero-order valence-corrected chi connectivity index (χ0v) is 17.1. The zero-order chi connectivity index (χ0) is 21.3. The summed E-state index contributed by atoms with van der Waals surface area (Å²) in [6.07, 6.45) is 3.33. The van der Waals surface area contributed by atoms with Gasteiger partial charge in [-0.05, 0) is 56.3 Å². The number of rotatable bonds is 6. The zero-order valence-electron chi connectivity index (χ0n) is 17.1. The molecule has 7 nitrogen and oxygen atoms in total. The summed E-state index contributed by atoms with van der Waals surface area (Å²) in [6, 6.07) is 13.0. The molecule has 0 saturated heterocycles. The third-order valence-electron chi connectivity index (χ3n) is 4.82. The summed E-state index contributed by atoms with van der Waals surface area (Å²) < 4.78 is 14.2. The molecule has 4 rings (SSSR count). The molecule has 0 saturated carbocycles. The maximum absolute atomic E-state index is 13.3. The molecule has 0 amide bonds. The quantitative estimate of drug-likeness (QED) is 0.460. The van der Waals surface area contributed by atoms with Crippen LogP contribution in [0.3, 0.4) is 0 Å². The molecule has 0 atom stereocenters. The number of fused-ring (bicyclic) bond motifs is 1. The molecule has 1 aromatic carbocycles. The second-order valence-electron chi connectivity index (χ2n) is 6.82. The second kappa shape index (κ2) is 7.87. The van der Waals surface area contributed by atoms with Gasteiger partial charge < -0.3 is 9.47 Å². The predicted octanol–water partition coefficient (Wildman–Crippen LogP) is 3.74. The first kappa shape index (κ1) is 19.4. The van der Waals surface area contributed by atoms with Crippen molar-refractivity contribution in [3.05, 3.63) is 83.1 Å². The summed E-state index contributed by atoms with van der Waals surface area (Å²) in [7, 11) is 1.63. The summed E-state index contributed by atoms with van der Waals surface area (Å²) in [6.45, 7) is 7.75. The first-order valence-electron chi connectivity index (χ1n) is 9.50. The van der Waals surface area contributed by atoms with E-state index < -0.39 is 0 Å². The van der Waals surface area contributed by atoms with Crippen molar-refractivity contribution in [3.63, 3.8) is 0 Å². The van der Waals surface area contributed by atoms with E-state index >= 15 is 0 Å². The topological polar surface area (TPSA) is 70.7 Å². The van der Waals surface area contributed by atoms with Gasteiger partial charge in [0, 0.05) is 11.9 Å². The molecular formula is C23H22N4O3. The lowest BCUT2D eigenvalue weighted by Gasteiger charge is -2.10. The highest BCUT2D eigenvalue weighted by Gasteiger charge is 2.18. The highest BCUT2D eigenvalue weighted by molar-refractivity contribution is 5.65. The first-order valence-corrected chi connectivity index (χ1v) is 9.50. The van der Waals surface area contributed by atoms with Crippen molar-refractivity contribution in [3.8, 4) is 28.4 Å². The third-order valence-corrected chi connectivity index (χ3v) is 4.82. The number of aryl methyl sites for hydroxylation is 2. The largest absolute Gasteiger partial charge is 0.497 e. The summed E-state index contributed by atoms with van der Waals surface area (Å²) >= 11 is 0. The lowest BCUT2D eigenvalue weighted by Crippen LogP contribution is -2.19. The summed E-state index contributed by atoms with van der Waals surface area (Å²) in [4.78, 5) is 17.9. The molecule has 4 aromatic rings. The van der Waals surface area contributed by atoms with Gasteiger partial charge >= 0.3 is 0 Å². The molecule has 30 heavy (non-hydrogen) atoms. The number of ether oxygens (including phenoxy) is 2. The molecule has 0 fully saturated rings. The van der Waals surface area contributed by atoms with Gasteiger partial charge in [0.1, 0.15) is 18.1 Å². The molecule has 0 aliphatic rings. The average Bonchev–Trinajstić information content (AvgIpc) is 3.13. The number of benzene rings is 1. The van der Waals surface area contributed by atoms with Crippen LogP contribution in [0.1, 0.15) is 11.4 Å². The number of aromatic nitrogens is 4. The number of methoxy groups -OCH3 is 1. The van der Waals surface area contributed by atoms with Gasteiger partial charge in [-0.3, -0.25) is 9.20 Å². The molecule has 0 bridgehead atoms. The Bertz CT molecular complexity index is 1290. The molecular weight excluding hydrogens is 380 g/mol. The molecule has 0 spiro atoms. The molecule has 0 aliphatic carbocycles. The minimum absolute atomic E-state index is 0.194. The van der Waals surface area contributed by atoms with Gasteiger partial charge in [-0.15, -0.1) is 0 Å². The van der Waals surface area contributed by atoms with Gasteiger partial charge in [0.25, 0.3) is 5.56 Å². The van der Waals surface area contributed by atoms with Crippen LogP contribution in [0.15, 0.2) is 66.1 Å². The third kappa shape index (κ3) is 3.34. The van der Waals surface area contributed by atoms with E-state index in [9.17, 15) is 4.79 Å². The highest BCUT2D eigenvalue weighted by Crippen LogP contribution is 2.24. The Morgan fingerprint density at radius 2 is 1.93 bits per heavy atom. The maximum atomic E-state index is 13.3. The van der Waals surface area contributed by atoms with Crippen LogP contribution >= 0.6 is 0 Å². The first-order chi connectivity index (χ1) is 14.5.